The Labute approximate surface area is 186 Å². The summed E-state index contributed by atoms with van der Waals surface area (Å²) in [6.45, 7) is 0.215. The first kappa shape index (κ1) is 22.2. The van der Waals surface area contributed by atoms with Crippen molar-refractivity contribution < 1.29 is 27.5 Å². The predicted octanol–water partition coefficient (Wildman–Crippen LogP) is 3.81. The number of nitrogens with zero attached hydrogens (tertiary/aromatic N) is 1. The van der Waals surface area contributed by atoms with Crippen LogP contribution < -0.4 is 5.48 Å². The van der Waals surface area contributed by atoms with Gasteiger partial charge in [-0.25, -0.2) is 23.3 Å². The standard InChI is InChI=1S/C20H19FN2O5S3/c21-12-29-14-3-1-13(2-4-14)18-22-16-6-5-15(11-17(16)30-18)31(26,27)20(19(24)23-25)7-9-28-10-8-20/h1-6,11,25H,7-10,12H2,(H,23,24). The van der Waals surface area contributed by atoms with Crippen molar-refractivity contribution in [3.8, 4) is 10.6 Å². The molecular formula is C20H19FN2O5S3. The number of benzene rings is 2. The van der Waals surface area contributed by atoms with Gasteiger partial charge in [0.2, 0.25) is 0 Å². The van der Waals surface area contributed by atoms with Crippen molar-refractivity contribution in [2.45, 2.75) is 27.4 Å². The van der Waals surface area contributed by atoms with Crippen molar-refractivity contribution in [3.63, 3.8) is 0 Å². The van der Waals surface area contributed by atoms with E-state index in [1.165, 1.54) is 28.9 Å². The van der Waals surface area contributed by atoms with E-state index in [1.807, 2.05) is 24.3 Å². The summed E-state index contributed by atoms with van der Waals surface area (Å²) < 4.78 is 43.5. The molecule has 11 heteroatoms. The van der Waals surface area contributed by atoms with Crippen molar-refractivity contribution in [2.75, 3.05) is 19.2 Å². The second kappa shape index (κ2) is 8.83. The maximum absolute atomic E-state index is 13.5. The number of halogens is 1. The number of thiazole rings is 1. The highest BCUT2D eigenvalue weighted by Gasteiger charge is 2.52. The van der Waals surface area contributed by atoms with Gasteiger partial charge in [-0.1, -0.05) is 23.9 Å². The summed E-state index contributed by atoms with van der Waals surface area (Å²) in [5, 5.41) is 9.89. The molecule has 1 aliphatic heterocycles. The van der Waals surface area contributed by atoms with E-state index < -0.39 is 26.5 Å². The van der Waals surface area contributed by atoms with Gasteiger partial charge in [-0.2, -0.15) is 0 Å². The Kier molecular flexibility index (Phi) is 6.31. The average Bonchev–Trinajstić information content (AvgIpc) is 3.23. The van der Waals surface area contributed by atoms with Crippen molar-refractivity contribution in [1.82, 2.24) is 10.5 Å². The molecule has 0 unspecified atom stereocenters. The van der Waals surface area contributed by atoms with Crippen LogP contribution in [-0.2, 0) is 19.4 Å². The molecule has 1 saturated heterocycles. The first-order valence-corrected chi connectivity index (χ1v) is 12.7. The summed E-state index contributed by atoms with van der Waals surface area (Å²) in [7, 11) is -4.11. The zero-order chi connectivity index (χ0) is 22.1. The molecule has 3 aromatic rings. The molecule has 1 amide bonds. The van der Waals surface area contributed by atoms with E-state index in [2.05, 4.69) is 4.98 Å². The summed E-state index contributed by atoms with van der Waals surface area (Å²) in [6.07, 6.45) is -0.0894. The number of alkyl halides is 1. The zero-order valence-electron chi connectivity index (χ0n) is 16.2. The molecule has 0 radical (unpaired) electrons. The van der Waals surface area contributed by atoms with Gasteiger partial charge in [-0.05, 0) is 43.2 Å². The molecule has 2 N–H and O–H groups in total. The maximum atomic E-state index is 13.5. The molecular weight excluding hydrogens is 463 g/mol. The molecule has 4 rings (SSSR count). The van der Waals surface area contributed by atoms with Crippen LogP contribution in [0.15, 0.2) is 52.3 Å². The SMILES string of the molecule is O=C(NO)C1(S(=O)(=O)c2ccc3nc(-c4ccc(SCF)cc4)sc3c2)CCOCC1. The fraction of sp³-hybridized carbons (Fsp3) is 0.300. The number of sulfone groups is 1. The van der Waals surface area contributed by atoms with Gasteiger partial charge in [-0.15, -0.1) is 11.3 Å². The zero-order valence-corrected chi connectivity index (χ0v) is 18.7. The Hall–Kier alpha value is -2.05. The minimum atomic E-state index is -4.11. The molecule has 31 heavy (non-hydrogen) atoms. The van der Waals surface area contributed by atoms with E-state index in [-0.39, 0.29) is 31.0 Å². The Morgan fingerprint density at radius 3 is 2.58 bits per heavy atom. The van der Waals surface area contributed by atoms with Crippen LogP contribution in [0.2, 0.25) is 0 Å². The second-order valence-electron chi connectivity index (χ2n) is 6.98. The second-order valence-corrected chi connectivity index (χ2v) is 11.2. The number of carbonyl (C=O) groups excluding carboxylic acids is 1. The normalized spacial score (nSPS) is 16.3. The lowest BCUT2D eigenvalue weighted by atomic mass is 9.98. The van der Waals surface area contributed by atoms with E-state index in [0.29, 0.717) is 15.2 Å². The molecule has 2 aromatic carbocycles. The van der Waals surface area contributed by atoms with E-state index in [0.717, 1.165) is 22.2 Å². The lowest BCUT2D eigenvalue weighted by molar-refractivity contribution is -0.134. The first-order chi connectivity index (χ1) is 14.9. The molecule has 0 saturated carbocycles. The number of hydrogen-bond acceptors (Lipinski definition) is 8. The Morgan fingerprint density at radius 2 is 1.94 bits per heavy atom. The number of nitrogens with one attached hydrogen (secondary N) is 1. The Morgan fingerprint density at radius 1 is 1.23 bits per heavy atom. The molecule has 0 atom stereocenters. The van der Waals surface area contributed by atoms with Crippen LogP contribution >= 0.6 is 23.1 Å². The molecule has 2 heterocycles. The van der Waals surface area contributed by atoms with Crippen LogP contribution in [0.1, 0.15) is 12.8 Å². The lowest BCUT2D eigenvalue weighted by Crippen LogP contribution is -2.54. The molecule has 0 bridgehead atoms. The number of hydrogen-bond donors (Lipinski definition) is 2. The van der Waals surface area contributed by atoms with Crippen LogP contribution in [0.3, 0.4) is 0 Å². The molecule has 1 fully saturated rings. The maximum Gasteiger partial charge on any atom is 0.265 e. The minimum absolute atomic E-state index is 0.00427. The molecule has 1 aliphatic rings. The Balaban J connectivity index is 1.72. The molecule has 0 spiro atoms. The van der Waals surface area contributed by atoms with Gasteiger partial charge in [0.05, 0.1) is 15.1 Å². The Bertz CT molecular complexity index is 1210. The van der Waals surface area contributed by atoms with Gasteiger partial charge in [0.15, 0.2) is 14.6 Å². The van der Waals surface area contributed by atoms with Crippen molar-refractivity contribution in [2.24, 2.45) is 0 Å². The largest absolute Gasteiger partial charge is 0.381 e. The average molecular weight is 483 g/mol. The monoisotopic (exact) mass is 482 g/mol. The third-order valence-electron chi connectivity index (χ3n) is 5.32. The summed E-state index contributed by atoms with van der Waals surface area (Å²) in [5.74, 6) is -0.952. The van der Waals surface area contributed by atoms with E-state index >= 15 is 0 Å². The number of hydroxylamine groups is 1. The first-order valence-electron chi connectivity index (χ1n) is 9.38. The van der Waals surface area contributed by atoms with Gasteiger partial charge < -0.3 is 4.74 Å². The van der Waals surface area contributed by atoms with Crippen LogP contribution in [-0.4, -0.2) is 48.5 Å². The number of thioether (sulfide) groups is 1. The highest BCUT2D eigenvalue weighted by Crippen LogP contribution is 2.38. The summed E-state index contributed by atoms with van der Waals surface area (Å²) in [5.41, 5.74) is 2.99. The minimum Gasteiger partial charge on any atom is -0.381 e. The van der Waals surface area contributed by atoms with Gasteiger partial charge in [-0.3, -0.25) is 10.0 Å². The third kappa shape index (κ3) is 3.96. The number of carbonyl (C=O) groups is 1. The smallest absolute Gasteiger partial charge is 0.265 e. The van der Waals surface area contributed by atoms with Gasteiger partial charge in [0, 0.05) is 23.7 Å². The number of rotatable bonds is 6. The third-order valence-corrected chi connectivity index (χ3v) is 9.60. The topological polar surface area (TPSA) is 106 Å². The fourth-order valence-electron chi connectivity index (χ4n) is 3.60. The van der Waals surface area contributed by atoms with Crippen LogP contribution in [0.4, 0.5) is 4.39 Å². The number of fused-ring (bicyclic) bond motifs is 1. The van der Waals surface area contributed by atoms with E-state index in [9.17, 15) is 22.8 Å². The molecule has 1 aromatic heterocycles. The summed E-state index contributed by atoms with van der Waals surface area (Å²) in [4.78, 5) is 17.8. The van der Waals surface area contributed by atoms with Crippen molar-refractivity contribution in [1.29, 1.82) is 0 Å². The van der Waals surface area contributed by atoms with Gasteiger partial charge in [0.25, 0.3) is 5.91 Å². The highest BCUT2D eigenvalue weighted by atomic mass is 32.2. The number of aromatic nitrogens is 1. The summed E-state index contributed by atoms with van der Waals surface area (Å²) in [6, 6.07) is 11.4. The van der Waals surface area contributed by atoms with Crippen molar-refractivity contribution >= 4 is 49.1 Å². The van der Waals surface area contributed by atoms with Crippen LogP contribution in [0.25, 0.3) is 20.8 Å². The lowest BCUT2D eigenvalue weighted by Gasteiger charge is -2.34. The van der Waals surface area contributed by atoms with Gasteiger partial charge >= 0.3 is 0 Å². The summed E-state index contributed by atoms with van der Waals surface area (Å²) >= 11 is 2.42. The quantitative estimate of drug-likeness (QED) is 0.313. The molecule has 164 valence electrons. The van der Waals surface area contributed by atoms with Crippen LogP contribution in [0, 0.1) is 0 Å². The van der Waals surface area contributed by atoms with E-state index in [1.54, 1.807) is 6.07 Å². The number of ether oxygens (including phenoxy) is 1. The predicted molar refractivity (Wildman–Crippen MR) is 117 cm³/mol. The van der Waals surface area contributed by atoms with Crippen molar-refractivity contribution in [3.05, 3.63) is 42.5 Å². The molecule has 7 nitrogen and oxygen atoms in total. The molecule has 0 aliphatic carbocycles. The highest BCUT2D eigenvalue weighted by molar-refractivity contribution is 7.99. The van der Waals surface area contributed by atoms with Gasteiger partial charge in [0.1, 0.15) is 11.0 Å². The van der Waals surface area contributed by atoms with E-state index in [4.69, 9.17) is 4.74 Å². The van der Waals surface area contributed by atoms with Crippen LogP contribution in [0.5, 0.6) is 0 Å². The number of amides is 1. The fourth-order valence-corrected chi connectivity index (χ4v) is 7.10.